The summed E-state index contributed by atoms with van der Waals surface area (Å²) in [6, 6.07) is 6.97. The summed E-state index contributed by atoms with van der Waals surface area (Å²) in [5.41, 5.74) is 1.36. The number of fused-ring (bicyclic) bond motifs is 1. The number of phenolic OH excluding ortho intramolecular Hbond substituents is 1. The fourth-order valence-corrected chi connectivity index (χ4v) is 3.81. The lowest BCUT2D eigenvalue weighted by Gasteiger charge is -2.24. The number of amides is 1. The van der Waals surface area contributed by atoms with Crippen molar-refractivity contribution in [2.75, 3.05) is 5.32 Å². The van der Waals surface area contributed by atoms with Crippen molar-refractivity contribution in [2.24, 2.45) is 0 Å². The number of nitrogens with one attached hydrogen (secondary N) is 2. The Bertz CT molecular complexity index is 797. The third kappa shape index (κ3) is 2.34. The van der Waals surface area contributed by atoms with Gasteiger partial charge in [-0.3, -0.25) is 19.4 Å². The molecule has 6 nitrogen and oxygen atoms in total. The molecule has 1 atom stereocenters. The molecule has 1 aromatic heterocycles. The number of benzene rings is 1. The number of aromatic hydroxyl groups is 1. The molecular formula is C17H19N3O3. The number of aromatic nitrogens is 2. The van der Waals surface area contributed by atoms with E-state index in [0.29, 0.717) is 11.4 Å². The van der Waals surface area contributed by atoms with Crippen molar-refractivity contribution in [1.29, 1.82) is 0 Å². The molecule has 2 aliphatic rings. The molecule has 1 saturated carbocycles. The van der Waals surface area contributed by atoms with Crippen LogP contribution < -0.4 is 10.9 Å². The Hall–Kier alpha value is -2.50. The number of anilines is 1. The van der Waals surface area contributed by atoms with E-state index in [1.54, 1.807) is 24.3 Å². The van der Waals surface area contributed by atoms with E-state index in [4.69, 9.17) is 0 Å². The molecule has 0 saturated heterocycles. The standard InChI is InChI=1S/C17H19N3O3/c21-12-7-5-10(6-8-12)13-9-14(22)18-16-15(13)17(23)19-20(16)11-3-1-2-4-11/h5-8,11,13,21H,1-4,9H2,(H,18,22)(H,19,23)/t13-/m0/s1. The fourth-order valence-electron chi connectivity index (χ4n) is 3.81. The fraction of sp³-hybridized carbons (Fsp3) is 0.412. The van der Waals surface area contributed by atoms with Gasteiger partial charge in [-0.15, -0.1) is 0 Å². The number of rotatable bonds is 2. The largest absolute Gasteiger partial charge is 0.508 e. The van der Waals surface area contributed by atoms with E-state index in [1.165, 1.54) is 0 Å². The second kappa shape index (κ2) is 5.30. The zero-order chi connectivity index (χ0) is 16.0. The van der Waals surface area contributed by atoms with Crippen LogP contribution in [-0.2, 0) is 4.79 Å². The van der Waals surface area contributed by atoms with Crippen LogP contribution in [0.2, 0.25) is 0 Å². The Morgan fingerprint density at radius 1 is 1.09 bits per heavy atom. The minimum Gasteiger partial charge on any atom is -0.508 e. The third-order valence-electron chi connectivity index (χ3n) is 4.94. The van der Waals surface area contributed by atoms with Crippen molar-refractivity contribution >= 4 is 11.7 Å². The SMILES string of the molecule is O=C1C[C@@H](c2ccc(O)cc2)c2c(n(C3CCCC3)[nH]c2=O)N1. The molecule has 1 amide bonds. The molecule has 4 rings (SSSR count). The summed E-state index contributed by atoms with van der Waals surface area (Å²) in [4.78, 5) is 24.7. The Labute approximate surface area is 133 Å². The quantitative estimate of drug-likeness (QED) is 0.796. The lowest BCUT2D eigenvalue weighted by atomic mass is 9.87. The summed E-state index contributed by atoms with van der Waals surface area (Å²) < 4.78 is 1.86. The minimum absolute atomic E-state index is 0.0821. The molecule has 0 bridgehead atoms. The van der Waals surface area contributed by atoms with Crippen molar-refractivity contribution in [2.45, 2.75) is 44.1 Å². The average molecular weight is 313 g/mol. The highest BCUT2D eigenvalue weighted by Gasteiger charge is 2.34. The normalized spacial score (nSPS) is 21.2. The van der Waals surface area contributed by atoms with E-state index in [9.17, 15) is 14.7 Å². The van der Waals surface area contributed by atoms with E-state index in [0.717, 1.165) is 31.2 Å². The Balaban J connectivity index is 1.82. The van der Waals surface area contributed by atoms with E-state index in [-0.39, 0.29) is 35.6 Å². The first-order chi connectivity index (χ1) is 11.1. The maximum absolute atomic E-state index is 12.5. The first-order valence-electron chi connectivity index (χ1n) is 8.06. The molecule has 2 aromatic rings. The third-order valence-corrected chi connectivity index (χ3v) is 4.94. The van der Waals surface area contributed by atoms with E-state index in [1.807, 2.05) is 4.68 Å². The van der Waals surface area contributed by atoms with Gasteiger partial charge >= 0.3 is 0 Å². The highest BCUT2D eigenvalue weighted by molar-refractivity contribution is 5.94. The van der Waals surface area contributed by atoms with E-state index in [2.05, 4.69) is 10.4 Å². The first kappa shape index (κ1) is 14.1. The molecule has 23 heavy (non-hydrogen) atoms. The monoisotopic (exact) mass is 313 g/mol. The molecule has 1 aromatic carbocycles. The topological polar surface area (TPSA) is 87.1 Å². The highest BCUT2D eigenvalue weighted by atomic mass is 16.3. The Morgan fingerprint density at radius 2 is 1.78 bits per heavy atom. The van der Waals surface area contributed by atoms with Crippen molar-refractivity contribution in [1.82, 2.24) is 9.78 Å². The predicted molar refractivity (Wildman–Crippen MR) is 85.8 cm³/mol. The molecule has 0 radical (unpaired) electrons. The van der Waals surface area contributed by atoms with Gasteiger partial charge < -0.3 is 10.4 Å². The van der Waals surface area contributed by atoms with Crippen LogP contribution in [0.15, 0.2) is 29.1 Å². The number of carbonyl (C=O) groups is 1. The Morgan fingerprint density at radius 3 is 2.48 bits per heavy atom. The van der Waals surface area contributed by atoms with E-state index < -0.39 is 0 Å². The number of nitrogens with zero attached hydrogens (tertiary/aromatic N) is 1. The first-order valence-corrected chi connectivity index (χ1v) is 8.06. The van der Waals surface area contributed by atoms with Crippen molar-refractivity contribution < 1.29 is 9.90 Å². The van der Waals surface area contributed by atoms with Gasteiger partial charge in [-0.1, -0.05) is 25.0 Å². The van der Waals surface area contributed by atoms with Crippen LogP contribution in [0, 0.1) is 0 Å². The van der Waals surface area contributed by atoms with Gasteiger partial charge in [-0.25, -0.2) is 0 Å². The summed E-state index contributed by atoms with van der Waals surface area (Å²) in [6.45, 7) is 0. The second-order valence-corrected chi connectivity index (χ2v) is 6.41. The van der Waals surface area contributed by atoms with E-state index >= 15 is 0 Å². The second-order valence-electron chi connectivity index (χ2n) is 6.41. The van der Waals surface area contributed by atoms with Gasteiger partial charge in [0, 0.05) is 12.3 Å². The van der Waals surface area contributed by atoms with Gasteiger partial charge in [-0.05, 0) is 30.5 Å². The average Bonchev–Trinajstić information content (AvgIpc) is 3.15. The molecule has 1 aliphatic heterocycles. The maximum Gasteiger partial charge on any atom is 0.270 e. The minimum atomic E-state index is -0.272. The number of aromatic amines is 1. The number of hydrogen-bond acceptors (Lipinski definition) is 3. The van der Waals surface area contributed by atoms with Gasteiger partial charge in [0.15, 0.2) is 0 Å². The molecular weight excluding hydrogens is 294 g/mol. The van der Waals surface area contributed by atoms with Crippen molar-refractivity contribution in [3.8, 4) is 5.75 Å². The number of H-pyrrole nitrogens is 1. The van der Waals surface area contributed by atoms with Gasteiger partial charge in [0.05, 0.1) is 11.6 Å². The summed E-state index contributed by atoms with van der Waals surface area (Å²) in [6.07, 6.45) is 4.59. The smallest absolute Gasteiger partial charge is 0.270 e. The molecule has 0 spiro atoms. The summed E-state index contributed by atoms with van der Waals surface area (Å²) in [5, 5.41) is 15.3. The van der Waals surface area contributed by atoms with Crippen molar-refractivity contribution in [3.05, 3.63) is 45.7 Å². The summed E-state index contributed by atoms with van der Waals surface area (Å²) >= 11 is 0. The molecule has 120 valence electrons. The van der Waals surface area contributed by atoms with Crippen LogP contribution in [-0.4, -0.2) is 20.8 Å². The predicted octanol–water partition coefficient (Wildman–Crippen LogP) is 2.47. The van der Waals surface area contributed by atoms with Gasteiger partial charge in [0.2, 0.25) is 5.91 Å². The van der Waals surface area contributed by atoms with Gasteiger partial charge in [0.1, 0.15) is 11.6 Å². The lowest BCUT2D eigenvalue weighted by molar-refractivity contribution is -0.116. The zero-order valence-electron chi connectivity index (χ0n) is 12.7. The lowest BCUT2D eigenvalue weighted by Crippen LogP contribution is -2.27. The Kier molecular flexibility index (Phi) is 3.25. The molecule has 1 aliphatic carbocycles. The number of phenols is 1. The molecule has 3 N–H and O–H groups in total. The summed E-state index contributed by atoms with van der Waals surface area (Å²) in [5.74, 6) is 0.440. The van der Waals surface area contributed by atoms with Gasteiger partial charge in [-0.2, -0.15) is 0 Å². The number of hydrogen-bond donors (Lipinski definition) is 3. The molecule has 0 unspecified atom stereocenters. The van der Waals surface area contributed by atoms with Gasteiger partial charge in [0.25, 0.3) is 5.56 Å². The summed E-state index contributed by atoms with van der Waals surface area (Å²) in [7, 11) is 0. The zero-order valence-corrected chi connectivity index (χ0v) is 12.7. The highest BCUT2D eigenvalue weighted by Crippen LogP contribution is 2.39. The molecule has 1 fully saturated rings. The van der Waals surface area contributed by atoms with Crippen molar-refractivity contribution in [3.63, 3.8) is 0 Å². The van der Waals surface area contributed by atoms with Crippen LogP contribution in [0.25, 0.3) is 0 Å². The maximum atomic E-state index is 12.5. The molecule has 6 heteroatoms. The van der Waals surface area contributed by atoms with Crippen LogP contribution >= 0.6 is 0 Å². The van der Waals surface area contributed by atoms with Crippen LogP contribution in [0.4, 0.5) is 5.82 Å². The molecule has 2 heterocycles. The van der Waals surface area contributed by atoms with Crippen LogP contribution in [0.1, 0.15) is 55.2 Å². The van der Waals surface area contributed by atoms with Crippen LogP contribution in [0.3, 0.4) is 0 Å². The number of carbonyl (C=O) groups excluding carboxylic acids is 1. The van der Waals surface area contributed by atoms with Crippen LogP contribution in [0.5, 0.6) is 5.75 Å².